The van der Waals surface area contributed by atoms with E-state index in [9.17, 15) is 9.59 Å². The average Bonchev–Trinajstić information content (AvgIpc) is 2.62. The molecule has 8 nitrogen and oxygen atoms in total. The molecule has 1 amide bonds. The molecular formula is C6H9N5O3S. The molecule has 0 aliphatic heterocycles. The van der Waals surface area contributed by atoms with Gasteiger partial charge >= 0.3 is 5.97 Å². The van der Waals surface area contributed by atoms with Crippen LogP contribution in [0.2, 0.25) is 0 Å². The third-order valence-corrected chi connectivity index (χ3v) is 2.34. The van der Waals surface area contributed by atoms with Crippen molar-refractivity contribution >= 4 is 23.6 Å². The van der Waals surface area contributed by atoms with Gasteiger partial charge in [-0.3, -0.25) is 9.59 Å². The summed E-state index contributed by atoms with van der Waals surface area (Å²) in [5.74, 6) is -1.36. The number of likely N-dealkylation sites (N-methyl/N-ethyl adjacent to an activating group) is 1. The van der Waals surface area contributed by atoms with E-state index < -0.39 is 5.97 Å². The van der Waals surface area contributed by atoms with Crippen molar-refractivity contribution in [2.75, 3.05) is 12.8 Å². The van der Waals surface area contributed by atoms with E-state index in [4.69, 9.17) is 5.11 Å². The third kappa shape index (κ3) is 3.54. The summed E-state index contributed by atoms with van der Waals surface area (Å²) < 4.78 is 1.24. The number of carbonyl (C=O) groups excluding carboxylic acids is 1. The van der Waals surface area contributed by atoms with Crippen molar-refractivity contribution in [1.82, 2.24) is 25.5 Å². The van der Waals surface area contributed by atoms with Gasteiger partial charge in [-0.15, -0.1) is 5.10 Å². The van der Waals surface area contributed by atoms with Crippen molar-refractivity contribution < 1.29 is 14.7 Å². The molecule has 0 aliphatic carbocycles. The van der Waals surface area contributed by atoms with Gasteiger partial charge in [0.25, 0.3) is 0 Å². The van der Waals surface area contributed by atoms with E-state index in [2.05, 4.69) is 20.8 Å². The van der Waals surface area contributed by atoms with Gasteiger partial charge in [0.1, 0.15) is 6.54 Å². The summed E-state index contributed by atoms with van der Waals surface area (Å²) in [6, 6.07) is 0. The molecule has 0 aliphatic rings. The van der Waals surface area contributed by atoms with E-state index in [-0.39, 0.29) is 18.2 Å². The van der Waals surface area contributed by atoms with Gasteiger partial charge < -0.3 is 10.4 Å². The van der Waals surface area contributed by atoms with Gasteiger partial charge in [-0.2, -0.15) is 0 Å². The number of tetrazole rings is 1. The topological polar surface area (TPSA) is 110 Å². The lowest BCUT2D eigenvalue weighted by atomic mass is 10.6. The Balaban J connectivity index is 2.60. The lowest BCUT2D eigenvalue weighted by Crippen LogP contribution is -2.24. The van der Waals surface area contributed by atoms with Gasteiger partial charge in [0, 0.05) is 7.05 Å². The first-order valence-corrected chi connectivity index (χ1v) is 4.93. The maximum Gasteiger partial charge on any atom is 0.313 e. The van der Waals surface area contributed by atoms with Crippen LogP contribution in [0.5, 0.6) is 0 Å². The number of carbonyl (C=O) groups is 2. The monoisotopic (exact) mass is 231 g/mol. The van der Waals surface area contributed by atoms with E-state index in [1.807, 2.05) is 0 Å². The standard InChI is InChI=1S/C6H9N5O3S/c1-7-4(12)2-11-6(8-9-10-11)15-3-5(13)14/h2-3H2,1H3,(H,7,12)(H,13,14). The van der Waals surface area contributed by atoms with Crippen LogP contribution in [0.1, 0.15) is 0 Å². The van der Waals surface area contributed by atoms with Crippen LogP contribution in [0.15, 0.2) is 5.16 Å². The molecule has 0 saturated heterocycles. The van der Waals surface area contributed by atoms with Crippen molar-refractivity contribution in [3.8, 4) is 0 Å². The second-order valence-electron chi connectivity index (χ2n) is 2.47. The molecule has 9 heteroatoms. The summed E-state index contributed by atoms with van der Waals surface area (Å²) in [5.41, 5.74) is 0. The van der Waals surface area contributed by atoms with Crippen molar-refractivity contribution in [3.63, 3.8) is 0 Å². The fraction of sp³-hybridized carbons (Fsp3) is 0.500. The number of hydrogen-bond donors (Lipinski definition) is 2. The van der Waals surface area contributed by atoms with E-state index in [1.165, 1.54) is 11.7 Å². The van der Waals surface area contributed by atoms with E-state index in [0.29, 0.717) is 5.16 Å². The highest BCUT2D eigenvalue weighted by Gasteiger charge is 2.11. The van der Waals surface area contributed by atoms with Crippen molar-refractivity contribution in [3.05, 3.63) is 0 Å². The molecule has 1 heterocycles. The zero-order valence-corrected chi connectivity index (χ0v) is 8.69. The first-order valence-electron chi connectivity index (χ1n) is 3.95. The lowest BCUT2D eigenvalue weighted by Gasteiger charge is -2.01. The molecular weight excluding hydrogens is 222 g/mol. The molecule has 0 bridgehead atoms. The predicted octanol–water partition coefficient (Wildman–Crippen LogP) is -1.40. The molecule has 15 heavy (non-hydrogen) atoms. The Labute approximate surface area is 89.0 Å². The SMILES string of the molecule is CNC(=O)Cn1nnnc1SCC(=O)O. The summed E-state index contributed by atoms with van der Waals surface area (Å²) in [6.45, 7) is -0.0224. The van der Waals surface area contributed by atoms with Gasteiger partial charge in [-0.05, 0) is 10.4 Å². The highest BCUT2D eigenvalue weighted by atomic mass is 32.2. The molecule has 82 valence electrons. The van der Waals surface area contributed by atoms with Crippen LogP contribution >= 0.6 is 11.8 Å². The number of carboxylic acids is 1. The highest BCUT2D eigenvalue weighted by Crippen LogP contribution is 2.12. The Morgan fingerprint density at radius 2 is 2.33 bits per heavy atom. The van der Waals surface area contributed by atoms with Crippen LogP contribution in [-0.2, 0) is 16.1 Å². The summed E-state index contributed by atoms with van der Waals surface area (Å²) >= 11 is 0.962. The zero-order chi connectivity index (χ0) is 11.3. The maximum absolute atomic E-state index is 11.0. The van der Waals surface area contributed by atoms with Gasteiger partial charge in [0.15, 0.2) is 0 Å². The first kappa shape index (κ1) is 11.4. The average molecular weight is 231 g/mol. The third-order valence-electron chi connectivity index (χ3n) is 1.40. The van der Waals surface area contributed by atoms with Crippen molar-refractivity contribution in [1.29, 1.82) is 0 Å². The molecule has 1 aromatic heterocycles. The molecule has 0 spiro atoms. The quantitative estimate of drug-likeness (QED) is 0.599. The minimum Gasteiger partial charge on any atom is -0.481 e. The Kier molecular flexibility index (Phi) is 4.03. The van der Waals surface area contributed by atoms with Crippen molar-refractivity contribution in [2.24, 2.45) is 0 Å². The van der Waals surface area contributed by atoms with Gasteiger partial charge in [-0.1, -0.05) is 11.8 Å². The zero-order valence-electron chi connectivity index (χ0n) is 7.88. The predicted molar refractivity (Wildman–Crippen MR) is 50.2 cm³/mol. The maximum atomic E-state index is 11.0. The largest absolute Gasteiger partial charge is 0.481 e. The number of nitrogens with zero attached hydrogens (tertiary/aromatic N) is 4. The molecule has 0 aromatic carbocycles. The van der Waals surface area contributed by atoms with Crippen LogP contribution in [-0.4, -0.2) is 50.0 Å². The summed E-state index contributed by atoms with van der Waals surface area (Å²) in [4.78, 5) is 21.3. The highest BCUT2D eigenvalue weighted by molar-refractivity contribution is 7.99. The Hall–Kier alpha value is -1.64. The smallest absolute Gasteiger partial charge is 0.313 e. The first-order chi connectivity index (χ1) is 7.13. The fourth-order valence-electron chi connectivity index (χ4n) is 0.740. The van der Waals surface area contributed by atoms with Gasteiger partial charge in [-0.25, -0.2) is 4.68 Å². The second-order valence-corrected chi connectivity index (χ2v) is 3.42. The minimum atomic E-state index is -0.963. The minimum absolute atomic E-state index is 0.0224. The fourth-order valence-corrected chi connectivity index (χ4v) is 1.34. The van der Waals surface area contributed by atoms with Crippen LogP contribution in [0.25, 0.3) is 0 Å². The Morgan fingerprint density at radius 3 is 2.93 bits per heavy atom. The van der Waals surface area contributed by atoms with E-state index in [0.717, 1.165) is 11.8 Å². The number of aliphatic carboxylic acids is 1. The second kappa shape index (κ2) is 5.29. The molecule has 1 rings (SSSR count). The summed E-state index contributed by atoms with van der Waals surface area (Å²) in [5, 5.41) is 21.7. The molecule has 0 fully saturated rings. The molecule has 0 atom stereocenters. The van der Waals surface area contributed by atoms with E-state index in [1.54, 1.807) is 0 Å². The Bertz CT molecular complexity index is 365. The molecule has 1 aromatic rings. The number of hydrogen-bond acceptors (Lipinski definition) is 6. The number of nitrogens with one attached hydrogen (secondary N) is 1. The normalized spacial score (nSPS) is 9.93. The number of rotatable bonds is 5. The summed E-state index contributed by atoms with van der Waals surface area (Å²) in [6.07, 6.45) is 0. The molecule has 0 unspecified atom stereocenters. The van der Waals surface area contributed by atoms with Crippen LogP contribution < -0.4 is 5.32 Å². The number of thioether (sulfide) groups is 1. The van der Waals surface area contributed by atoms with Gasteiger partial charge in [0.05, 0.1) is 5.75 Å². The van der Waals surface area contributed by atoms with Crippen LogP contribution in [0.3, 0.4) is 0 Å². The molecule has 0 radical (unpaired) electrons. The lowest BCUT2D eigenvalue weighted by molar-refractivity contribution is -0.133. The number of aromatic nitrogens is 4. The summed E-state index contributed by atoms with van der Waals surface area (Å²) in [7, 11) is 1.50. The molecule has 2 N–H and O–H groups in total. The van der Waals surface area contributed by atoms with E-state index >= 15 is 0 Å². The molecule has 0 saturated carbocycles. The van der Waals surface area contributed by atoms with Gasteiger partial charge in [0.2, 0.25) is 11.1 Å². The Morgan fingerprint density at radius 1 is 1.60 bits per heavy atom. The number of carboxylic acid groups (broad SMARTS) is 1. The number of amides is 1. The van der Waals surface area contributed by atoms with Crippen LogP contribution in [0.4, 0.5) is 0 Å². The van der Waals surface area contributed by atoms with Crippen molar-refractivity contribution in [2.45, 2.75) is 11.7 Å². The van der Waals surface area contributed by atoms with Crippen LogP contribution in [0, 0.1) is 0 Å².